The molecule has 0 radical (unpaired) electrons. The molecule has 0 aliphatic heterocycles. The Morgan fingerprint density at radius 1 is 1.16 bits per heavy atom. The van der Waals surface area contributed by atoms with Gasteiger partial charge in [-0.2, -0.15) is 4.98 Å². The van der Waals surface area contributed by atoms with Crippen LogP contribution < -0.4 is 0 Å². The third-order valence-electron chi connectivity index (χ3n) is 3.36. The Balaban J connectivity index is 1.91. The van der Waals surface area contributed by atoms with Crippen LogP contribution in [0.3, 0.4) is 0 Å². The number of hydrogen-bond donors (Lipinski definition) is 0. The molecule has 7 nitrogen and oxygen atoms in total. The average Bonchev–Trinajstić information content (AvgIpc) is 3.29. The molecule has 0 spiro atoms. The van der Waals surface area contributed by atoms with Crippen LogP contribution in [-0.2, 0) is 9.53 Å². The summed E-state index contributed by atoms with van der Waals surface area (Å²) in [4.78, 5) is 30.3. The normalized spacial score (nSPS) is 10.5. The van der Waals surface area contributed by atoms with Gasteiger partial charge in [0.05, 0.1) is 10.6 Å². The standard InChI is InChI=1S/C17H16N4O3S/c1-20(2)14(22)11-24-17(23)15-18-16(13-9-6-10-25-13)21(19-15)12-7-4-3-5-8-12/h3-10H,11H2,1-2H3. The lowest BCUT2D eigenvalue weighted by atomic mass is 10.3. The van der Waals surface area contributed by atoms with Crippen LogP contribution >= 0.6 is 11.3 Å². The molecule has 0 atom stereocenters. The maximum Gasteiger partial charge on any atom is 0.378 e. The van der Waals surface area contributed by atoms with Gasteiger partial charge in [0.15, 0.2) is 12.4 Å². The Hall–Kier alpha value is -3.00. The summed E-state index contributed by atoms with van der Waals surface area (Å²) in [5.41, 5.74) is 0.779. The summed E-state index contributed by atoms with van der Waals surface area (Å²) < 4.78 is 6.60. The zero-order valence-corrected chi connectivity index (χ0v) is 14.6. The number of amides is 1. The fourth-order valence-electron chi connectivity index (χ4n) is 2.03. The van der Waals surface area contributed by atoms with E-state index in [0.29, 0.717) is 5.82 Å². The predicted octanol–water partition coefficient (Wildman–Crippen LogP) is 2.24. The van der Waals surface area contributed by atoms with Crippen molar-refractivity contribution in [1.29, 1.82) is 0 Å². The largest absolute Gasteiger partial charge is 0.450 e. The molecule has 0 aliphatic carbocycles. The first kappa shape index (κ1) is 16.8. The van der Waals surface area contributed by atoms with E-state index in [0.717, 1.165) is 10.6 Å². The Kier molecular flexibility index (Phi) is 4.90. The summed E-state index contributed by atoms with van der Waals surface area (Å²) in [6.45, 7) is -0.347. The minimum atomic E-state index is -0.734. The van der Waals surface area contributed by atoms with E-state index in [4.69, 9.17) is 4.74 Å². The summed E-state index contributed by atoms with van der Waals surface area (Å²) in [7, 11) is 3.18. The van der Waals surface area contributed by atoms with E-state index in [2.05, 4.69) is 10.1 Å². The van der Waals surface area contributed by atoms with E-state index >= 15 is 0 Å². The van der Waals surface area contributed by atoms with Gasteiger partial charge in [-0.05, 0) is 23.6 Å². The number of rotatable bonds is 5. The number of thiophene rings is 1. The molecule has 3 rings (SSSR count). The van der Waals surface area contributed by atoms with E-state index in [9.17, 15) is 9.59 Å². The highest BCUT2D eigenvalue weighted by Gasteiger charge is 2.21. The van der Waals surface area contributed by atoms with Crippen molar-refractivity contribution in [3.63, 3.8) is 0 Å². The van der Waals surface area contributed by atoms with Gasteiger partial charge in [-0.1, -0.05) is 24.3 Å². The van der Waals surface area contributed by atoms with Crippen molar-refractivity contribution in [1.82, 2.24) is 19.7 Å². The van der Waals surface area contributed by atoms with Crippen molar-refractivity contribution < 1.29 is 14.3 Å². The van der Waals surface area contributed by atoms with Gasteiger partial charge in [0, 0.05) is 14.1 Å². The molecule has 3 aromatic rings. The highest BCUT2D eigenvalue weighted by Crippen LogP contribution is 2.25. The molecule has 0 N–H and O–H groups in total. The third kappa shape index (κ3) is 3.74. The number of carbonyl (C=O) groups is 2. The smallest absolute Gasteiger partial charge is 0.378 e. The summed E-state index contributed by atoms with van der Waals surface area (Å²) in [6.07, 6.45) is 0. The lowest BCUT2D eigenvalue weighted by Gasteiger charge is -2.09. The number of para-hydroxylation sites is 1. The van der Waals surface area contributed by atoms with Gasteiger partial charge in [-0.25, -0.2) is 9.48 Å². The monoisotopic (exact) mass is 356 g/mol. The van der Waals surface area contributed by atoms with Crippen LogP contribution in [0.15, 0.2) is 47.8 Å². The van der Waals surface area contributed by atoms with Gasteiger partial charge in [-0.15, -0.1) is 16.4 Å². The topological polar surface area (TPSA) is 77.3 Å². The lowest BCUT2D eigenvalue weighted by molar-refractivity contribution is -0.131. The van der Waals surface area contributed by atoms with Crippen LogP contribution in [0, 0.1) is 0 Å². The third-order valence-corrected chi connectivity index (χ3v) is 4.22. The number of likely N-dealkylation sites (N-methyl/N-ethyl adjacent to an activating group) is 1. The molecule has 1 aromatic carbocycles. The highest BCUT2D eigenvalue weighted by molar-refractivity contribution is 7.13. The molecule has 2 aromatic heterocycles. The number of esters is 1. The predicted molar refractivity (Wildman–Crippen MR) is 93.6 cm³/mol. The molecule has 8 heteroatoms. The van der Waals surface area contributed by atoms with Gasteiger partial charge in [0.2, 0.25) is 0 Å². The van der Waals surface area contributed by atoms with E-state index in [-0.39, 0.29) is 18.3 Å². The summed E-state index contributed by atoms with van der Waals surface area (Å²) in [6, 6.07) is 13.2. The molecule has 0 unspecified atom stereocenters. The molecule has 25 heavy (non-hydrogen) atoms. The average molecular weight is 356 g/mol. The van der Waals surface area contributed by atoms with Crippen molar-refractivity contribution >= 4 is 23.2 Å². The molecule has 0 bridgehead atoms. The number of ether oxygens (including phenoxy) is 1. The SMILES string of the molecule is CN(C)C(=O)COC(=O)c1nc(-c2cccs2)n(-c2ccccc2)n1. The second-order valence-corrected chi connectivity index (χ2v) is 6.30. The Morgan fingerprint density at radius 3 is 2.56 bits per heavy atom. The lowest BCUT2D eigenvalue weighted by Crippen LogP contribution is -2.27. The number of nitrogens with zero attached hydrogens (tertiary/aromatic N) is 4. The van der Waals surface area contributed by atoms with Crippen LogP contribution in [0.25, 0.3) is 16.4 Å². The Bertz CT molecular complexity index is 873. The van der Waals surface area contributed by atoms with Gasteiger partial charge in [0.1, 0.15) is 0 Å². The minimum Gasteiger partial charge on any atom is -0.450 e. The number of carbonyl (C=O) groups excluding carboxylic acids is 2. The number of benzene rings is 1. The first-order valence-electron chi connectivity index (χ1n) is 7.50. The summed E-state index contributed by atoms with van der Waals surface area (Å²) >= 11 is 1.50. The molecule has 2 heterocycles. The van der Waals surface area contributed by atoms with E-state index in [1.54, 1.807) is 18.8 Å². The van der Waals surface area contributed by atoms with Crippen LogP contribution in [0.5, 0.6) is 0 Å². The molecule has 0 fully saturated rings. The van der Waals surface area contributed by atoms with Crippen molar-refractivity contribution in [3.05, 3.63) is 53.7 Å². The Labute approximate surface area is 148 Å². The molecular formula is C17H16N4O3S. The van der Waals surface area contributed by atoms with Crippen LogP contribution in [0.1, 0.15) is 10.6 Å². The van der Waals surface area contributed by atoms with Crippen molar-refractivity contribution in [2.24, 2.45) is 0 Å². The van der Waals surface area contributed by atoms with Crippen LogP contribution in [0.2, 0.25) is 0 Å². The molecule has 0 saturated heterocycles. The Morgan fingerprint density at radius 2 is 1.92 bits per heavy atom. The molecule has 0 saturated carbocycles. The number of aromatic nitrogens is 3. The molecule has 1 amide bonds. The molecule has 128 valence electrons. The summed E-state index contributed by atoms with van der Waals surface area (Å²) in [5, 5.41) is 6.20. The van der Waals surface area contributed by atoms with E-state index in [1.807, 2.05) is 47.8 Å². The van der Waals surface area contributed by atoms with Crippen LogP contribution in [0.4, 0.5) is 0 Å². The van der Waals surface area contributed by atoms with Gasteiger partial charge in [-0.3, -0.25) is 4.79 Å². The second kappa shape index (κ2) is 7.27. The van der Waals surface area contributed by atoms with Gasteiger partial charge >= 0.3 is 5.97 Å². The maximum absolute atomic E-state index is 12.2. The van der Waals surface area contributed by atoms with Crippen molar-refractivity contribution in [2.45, 2.75) is 0 Å². The molecule has 0 aliphatic rings. The van der Waals surface area contributed by atoms with Gasteiger partial charge < -0.3 is 9.64 Å². The quantitative estimate of drug-likeness (QED) is 0.655. The fourth-order valence-corrected chi connectivity index (χ4v) is 2.73. The first-order valence-corrected chi connectivity index (χ1v) is 8.38. The van der Waals surface area contributed by atoms with E-state index < -0.39 is 5.97 Å². The van der Waals surface area contributed by atoms with Gasteiger partial charge in [0.25, 0.3) is 11.7 Å². The zero-order valence-electron chi connectivity index (χ0n) is 13.7. The van der Waals surface area contributed by atoms with Crippen LogP contribution in [-0.4, -0.2) is 52.2 Å². The van der Waals surface area contributed by atoms with E-state index in [1.165, 1.54) is 16.2 Å². The highest BCUT2D eigenvalue weighted by atomic mass is 32.1. The fraction of sp³-hybridized carbons (Fsp3) is 0.176. The van der Waals surface area contributed by atoms with Crippen molar-refractivity contribution in [2.75, 3.05) is 20.7 Å². The first-order chi connectivity index (χ1) is 12.1. The molecular weight excluding hydrogens is 340 g/mol. The zero-order chi connectivity index (χ0) is 17.8. The maximum atomic E-state index is 12.2. The second-order valence-electron chi connectivity index (χ2n) is 5.35. The van der Waals surface area contributed by atoms with Crippen molar-refractivity contribution in [3.8, 4) is 16.4 Å². The minimum absolute atomic E-state index is 0.0844. The number of hydrogen-bond acceptors (Lipinski definition) is 6. The summed E-state index contributed by atoms with van der Waals surface area (Å²) in [5.74, 6) is -0.581.